The summed E-state index contributed by atoms with van der Waals surface area (Å²) >= 11 is 2.63. The second-order valence-corrected chi connectivity index (χ2v) is 9.88. The number of aryl methyl sites for hydroxylation is 3. The van der Waals surface area contributed by atoms with E-state index in [4.69, 9.17) is 0 Å². The normalized spacial score (nSPS) is 13.3. The Morgan fingerprint density at radius 2 is 1.56 bits per heavy atom. The number of benzene rings is 1. The van der Waals surface area contributed by atoms with Crippen LogP contribution in [0.5, 0.6) is 0 Å². The molecule has 7 nitrogen and oxygen atoms in total. The number of aromatic nitrogens is 3. The first-order valence-electron chi connectivity index (χ1n) is 10.3. The number of fused-ring (bicyclic) bond motifs is 1. The topological polar surface area (TPSA) is 96.9 Å². The number of amides is 2. The first-order valence-corrected chi connectivity index (χ1v) is 12.0. The fourth-order valence-corrected chi connectivity index (χ4v) is 5.74. The van der Waals surface area contributed by atoms with E-state index in [1.54, 1.807) is 6.92 Å². The Morgan fingerprint density at radius 3 is 2.25 bits per heavy atom. The fourth-order valence-electron chi connectivity index (χ4n) is 3.64. The number of hydrogen-bond acceptors (Lipinski definition) is 7. The average Bonchev–Trinajstić information content (AvgIpc) is 3.49. The predicted octanol–water partition coefficient (Wildman–Crippen LogP) is 4.69. The largest absolute Gasteiger partial charge is 0.281 e. The number of carbonyl (C=O) groups is 2. The molecule has 1 saturated carbocycles. The van der Waals surface area contributed by atoms with Gasteiger partial charge in [-0.3, -0.25) is 20.4 Å². The fraction of sp³-hybridized carbons (Fsp3) is 0.261. The van der Waals surface area contributed by atoms with Gasteiger partial charge in [0.05, 0.1) is 16.3 Å². The van der Waals surface area contributed by atoms with E-state index >= 15 is 0 Å². The zero-order chi connectivity index (χ0) is 22.4. The summed E-state index contributed by atoms with van der Waals surface area (Å²) in [6, 6.07) is 9.69. The van der Waals surface area contributed by atoms with Crippen LogP contribution in [0.1, 0.15) is 60.9 Å². The Morgan fingerprint density at radius 1 is 0.875 bits per heavy atom. The highest BCUT2D eigenvalue weighted by Gasteiger charge is 2.28. The summed E-state index contributed by atoms with van der Waals surface area (Å²) in [6.07, 6.45) is 2.25. The van der Waals surface area contributed by atoms with Gasteiger partial charge in [-0.05, 0) is 39.2 Å². The maximum atomic E-state index is 12.8. The minimum atomic E-state index is -0.388. The van der Waals surface area contributed by atoms with E-state index in [1.165, 1.54) is 22.7 Å². The first kappa shape index (κ1) is 20.7. The second kappa shape index (κ2) is 8.07. The standard InChI is InChI=1S/C23H21N5O2S2/c1-11-16-12(2)24-19(14-9-10-14)26-23(16)31-17(11)20(29)27-28-21(30)18-13(3)25-22(32-18)15-7-5-4-6-8-15/h4-8,14H,9-10H2,1-3H3,(H,27,29)(H,28,30). The van der Waals surface area contributed by atoms with Crippen molar-refractivity contribution in [3.8, 4) is 10.6 Å². The average molecular weight is 464 g/mol. The van der Waals surface area contributed by atoms with Crippen LogP contribution in [0.3, 0.4) is 0 Å². The maximum Gasteiger partial charge on any atom is 0.281 e. The monoisotopic (exact) mass is 463 g/mol. The number of thiazole rings is 1. The summed E-state index contributed by atoms with van der Waals surface area (Å²) in [5.74, 6) is 0.560. The number of rotatable bonds is 4. The van der Waals surface area contributed by atoms with Crippen LogP contribution in [-0.4, -0.2) is 26.8 Å². The molecule has 1 fully saturated rings. The molecule has 2 N–H and O–H groups in total. The summed E-state index contributed by atoms with van der Waals surface area (Å²) in [5.41, 5.74) is 8.37. The molecule has 0 bridgehead atoms. The third-order valence-corrected chi connectivity index (χ3v) is 7.84. The molecule has 3 aromatic heterocycles. The molecule has 1 aliphatic rings. The Balaban J connectivity index is 1.33. The molecule has 4 aromatic rings. The van der Waals surface area contributed by atoms with E-state index in [1.807, 2.05) is 44.2 Å². The molecule has 1 aromatic carbocycles. The van der Waals surface area contributed by atoms with Gasteiger partial charge in [0.2, 0.25) is 0 Å². The summed E-state index contributed by atoms with van der Waals surface area (Å²) in [4.78, 5) is 41.2. The third kappa shape index (κ3) is 3.78. The third-order valence-electron chi connectivity index (χ3n) is 5.45. The minimum absolute atomic E-state index is 0.364. The van der Waals surface area contributed by atoms with Gasteiger partial charge in [-0.2, -0.15) is 0 Å². The quantitative estimate of drug-likeness (QED) is 0.428. The van der Waals surface area contributed by atoms with E-state index < -0.39 is 0 Å². The molecule has 0 radical (unpaired) electrons. The predicted molar refractivity (Wildman–Crippen MR) is 126 cm³/mol. The molecule has 5 rings (SSSR count). The molecule has 0 atom stereocenters. The number of nitrogens with zero attached hydrogens (tertiary/aromatic N) is 3. The molecular formula is C23H21N5O2S2. The molecular weight excluding hydrogens is 442 g/mol. The van der Waals surface area contributed by atoms with E-state index in [0.717, 1.165) is 50.7 Å². The van der Waals surface area contributed by atoms with Crippen molar-refractivity contribution in [2.75, 3.05) is 0 Å². The molecule has 2 amide bonds. The van der Waals surface area contributed by atoms with Crippen LogP contribution in [0, 0.1) is 20.8 Å². The van der Waals surface area contributed by atoms with Crippen molar-refractivity contribution >= 4 is 44.7 Å². The Bertz CT molecular complexity index is 1360. The van der Waals surface area contributed by atoms with Gasteiger partial charge in [0.25, 0.3) is 11.8 Å². The Labute approximate surface area is 192 Å². The minimum Gasteiger partial charge on any atom is -0.266 e. The van der Waals surface area contributed by atoms with Crippen LogP contribution in [0.4, 0.5) is 0 Å². The molecule has 32 heavy (non-hydrogen) atoms. The summed E-state index contributed by atoms with van der Waals surface area (Å²) in [7, 11) is 0. The zero-order valence-corrected chi connectivity index (χ0v) is 19.5. The zero-order valence-electron chi connectivity index (χ0n) is 17.9. The van der Waals surface area contributed by atoms with Crippen LogP contribution in [-0.2, 0) is 0 Å². The van der Waals surface area contributed by atoms with Crippen molar-refractivity contribution < 1.29 is 9.59 Å². The molecule has 9 heteroatoms. The molecule has 0 spiro atoms. The van der Waals surface area contributed by atoms with Gasteiger partial charge in [0, 0.05) is 16.9 Å². The van der Waals surface area contributed by atoms with Crippen LogP contribution in [0.25, 0.3) is 20.8 Å². The van der Waals surface area contributed by atoms with E-state index in [0.29, 0.717) is 21.4 Å². The lowest BCUT2D eigenvalue weighted by molar-refractivity contribution is 0.0850. The molecule has 162 valence electrons. The Hall–Kier alpha value is -3.17. The van der Waals surface area contributed by atoms with Crippen molar-refractivity contribution in [3.63, 3.8) is 0 Å². The summed E-state index contributed by atoms with van der Waals surface area (Å²) in [6.45, 7) is 5.63. The first-order chi connectivity index (χ1) is 15.4. The molecule has 0 unspecified atom stereocenters. The number of carbonyl (C=O) groups excluding carboxylic acids is 2. The summed E-state index contributed by atoms with van der Waals surface area (Å²) in [5, 5.41) is 1.68. The van der Waals surface area contributed by atoms with Crippen molar-refractivity contribution in [3.05, 3.63) is 62.9 Å². The van der Waals surface area contributed by atoms with Crippen molar-refractivity contribution in [1.82, 2.24) is 25.8 Å². The number of hydrogen-bond donors (Lipinski definition) is 2. The lowest BCUT2D eigenvalue weighted by Gasteiger charge is -2.06. The van der Waals surface area contributed by atoms with Crippen LogP contribution in [0.15, 0.2) is 30.3 Å². The van der Waals surface area contributed by atoms with Gasteiger partial charge in [-0.1, -0.05) is 30.3 Å². The van der Waals surface area contributed by atoms with Gasteiger partial charge < -0.3 is 0 Å². The van der Waals surface area contributed by atoms with Crippen molar-refractivity contribution in [1.29, 1.82) is 0 Å². The van der Waals surface area contributed by atoms with E-state index in [-0.39, 0.29) is 11.8 Å². The lowest BCUT2D eigenvalue weighted by atomic mass is 10.1. The molecule has 3 heterocycles. The number of thiophene rings is 1. The smallest absolute Gasteiger partial charge is 0.266 e. The van der Waals surface area contributed by atoms with Gasteiger partial charge in [-0.15, -0.1) is 22.7 Å². The van der Waals surface area contributed by atoms with Gasteiger partial charge >= 0.3 is 0 Å². The summed E-state index contributed by atoms with van der Waals surface area (Å²) < 4.78 is 0. The highest BCUT2D eigenvalue weighted by atomic mass is 32.1. The Kier molecular flexibility index (Phi) is 5.22. The SMILES string of the molecule is Cc1nc(-c2ccccc2)sc1C(=O)NNC(=O)c1sc2nc(C3CC3)nc(C)c2c1C. The van der Waals surface area contributed by atoms with Crippen molar-refractivity contribution in [2.45, 2.75) is 39.5 Å². The van der Waals surface area contributed by atoms with E-state index in [2.05, 4.69) is 25.8 Å². The van der Waals surface area contributed by atoms with E-state index in [9.17, 15) is 9.59 Å². The molecule has 1 aliphatic carbocycles. The second-order valence-electron chi connectivity index (χ2n) is 7.89. The van der Waals surface area contributed by atoms with Crippen LogP contribution < -0.4 is 10.9 Å². The molecule has 0 aliphatic heterocycles. The highest BCUT2D eigenvalue weighted by Crippen LogP contribution is 2.40. The molecule has 0 saturated heterocycles. The number of hydrazine groups is 1. The van der Waals surface area contributed by atoms with Gasteiger partial charge in [0.1, 0.15) is 20.5 Å². The lowest BCUT2D eigenvalue weighted by Crippen LogP contribution is -2.41. The number of nitrogens with one attached hydrogen (secondary N) is 2. The van der Waals surface area contributed by atoms with Gasteiger partial charge in [0.15, 0.2) is 0 Å². The highest BCUT2D eigenvalue weighted by molar-refractivity contribution is 7.20. The maximum absolute atomic E-state index is 12.8. The van der Waals surface area contributed by atoms with Crippen LogP contribution in [0.2, 0.25) is 0 Å². The van der Waals surface area contributed by atoms with Crippen molar-refractivity contribution in [2.24, 2.45) is 0 Å². The van der Waals surface area contributed by atoms with Gasteiger partial charge in [-0.25, -0.2) is 15.0 Å². The van der Waals surface area contributed by atoms with Crippen LogP contribution >= 0.6 is 22.7 Å².